The molecule has 0 aromatic carbocycles. The van der Waals surface area contributed by atoms with Crippen molar-refractivity contribution in [1.82, 2.24) is 4.90 Å². The molecule has 3 unspecified atom stereocenters. The number of piperidine rings is 1. The number of nitrogens with zero attached hydrogens (tertiary/aromatic N) is 1. The summed E-state index contributed by atoms with van der Waals surface area (Å²) in [5, 5.41) is 0.202. The first-order valence-corrected chi connectivity index (χ1v) is 10.5. The third-order valence-electron chi connectivity index (χ3n) is 5.33. The fourth-order valence-corrected chi connectivity index (χ4v) is 4.43. The van der Waals surface area contributed by atoms with Crippen LogP contribution in [0.2, 0.25) is 18.1 Å². The van der Waals surface area contributed by atoms with Crippen LogP contribution in [0.4, 0.5) is 0 Å². The van der Waals surface area contributed by atoms with Gasteiger partial charge in [0.25, 0.3) is 0 Å². The van der Waals surface area contributed by atoms with Crippen LogP contribution < -0.4 is 0 Å². The van der Waals surface area contributed by atoms with E-state index in [-0.39, 0.29) is 17.2 Å². The molecule has 3 atom stereocenters. The third kappa shape index (κ3) is 2.81. The summed E-state index contributed by atoms with van der Waals surface area (Å²) in [4.78, 5) is 14.6. The van der Waals surface area contributed by atoms with Crippen molar-refractivity contribution in [1.29, 1.82) is 0 Å². The molecular weight excluding hydrogens is 254 g/mol. The van der Waals surface area contributed by atoms with E-state index >= 15 is 0 Å². The minimum absolute atomic E-state index is 0.0154. The van der Waals surface area contributed by atoms with Crippen molar-refractivity contribution in [2.75, 3.05) is 6.54 Å². The van der Waals surface area contributed by atoms with Gasteiger partial charge in [0.2, 0.25) is 0 Å². The first-order chi connectivity index (χ1) is 8.63. The number of hydrogen-bond donors (Lipinski definition) is 0. The Bertz CT molecular complexity index is 362. The second-order valence-corrected chi connectivity index (χ2v) is 12.5. The van der Waals surface area contributed by atoms with Gasteiger partial charge in [-0.25, -0.2) is 0 Å². The first-order valence-electron chi connectivity index (χ1n) is 7.60. The molecule has 2 aliphatic rings. The van der Waals surface area contributed by atoms with Crippen LogP contribution in [-0.2, 0) is 9.22 Å². The lowest BCUT2D eigenvalue weighted by atomic mass is 9.84. The molecule has 2 fully saturated rings. The molecule has 19 heavy (non-hydrogen) atoms. The van der Waals surface area contributed by atoms with E-state index in [0.29, 0.717) is 11.8 Å². The molecule has 0 aliphatic carbocycles. The van der Waals surface area contributed by atoms with Gasteiger partial charge in [-0.2, -0.15) is 0 Å². The van der Waals surface area contributed by atoms with E-state index in [4.69, 9.17) is 4.43 Å². The average molecular weight is 283 g/mol. The maximum Gasteiger partial charge on any atom is 0.192 e. The Hall–Kier alpha value is -0.193. The fraction of sp³-hybridized carbons (Fsp3) is 0.933. The first kappa shape index (κ1) is 15.2. The molecule has 0 N–H and O–H groups in total. The summed E-state index contributed by atoms with van der Waals surface area (Å²) in [6.45, 7) is 14.5. The molecule has 0 spiro atoms. The zero-order chi connectivity index (χ0) is 14.4. The molecule has 0 radical (unpaired) electrons. The largest absolute Gasteiger partial charge is 0.412 e. The summed E-state index contributed by atoms with van der Waals surface area (Å²) >= 11 is 0. The normalized spacial score (nSPS) is 30.7. The summed E-state index contributed by atoms with van der Waals surface area (Å²) in [7, 11) is -1.79. The molecular formula is C15H29NO2Si. The number of Topliss-reactive ketones (excluding diaryl/α,β-unsaturated/α-hetero) is 1. The fourth-order valence-electron chi connectivity index (χ4n) is 3.02. The highest BCUT2D eigenvalue weighted by Gasteiger charge is 2.47. The Morgan fingerprint density at radius 1 is 1.32 bits per heavy atom. The molecule has 0 amide bonds. The Kier molecular flexibility index (Phi) is 3.98. The van der Waals surface area contributed by atoms with Crippen LogP contribution in [-0.4, -0.2) is 43.7 Å². The highest BCUT2D eigenvalue weighted by atomic mass is 28.4. The summed E-state index contributed by atoms with van der Waals surface area (Å²) in [5.74, 6) is 0.391. The highest BCUT2D eigenvalue weighted by Crippen LogP contribution is 2.39. The topological polar surface area (TPSA) is 29.5 Å². The Labute approximate surface area is 118 Å². The maximum atomic E-state index is 12.3. The van der Waals surface area contributed by atoms with Gasteiger partial charge in [0.05, 0.1) is 12.1 Å². The van der Waals surface area contributed by atoms with Crippen molar-refractivity contribution >= 4 is 14.1 Å². The van der Waals surface area contributed by atoms with Gasteiger partial charge in [0.15, 0.2) is 14.1 Å². The van der Waals surface area contributed by atoms with Gasteiger partial charge in [0.1, 0.15) is 0 Å². The number of ketones is 1. The Morgan fingerprint density at radius 3 is 2.42 bits per heavy atom. The second-order valence-electron chi connectivity index (χ2n) is 7.71. The predicted octanol–water partition coefficient (Wildman–Crippen LogP) is 3.20. The molecule has 0 aromatic rings. The van der Waals surface area contributed by atoms with E-state index in [1.807, 2.05) is 0 Å². The maximum absolute atomic E-state index is 12.3. The van der Waals surface area contributed by atoms with E-state index in [1.54, 1.807) is 0 Å². The minimum atomic E-state index is -1.79. The molecule has 2 heterocycles. The molecule has 2 rings (SSSR count). The van der Waals surface area contributed by atoms with Gasteiger partial charge < -0.3 is 4.43 Å². The van der Waals surface area contributed by atoms with E-state index in [0.717, 1.165) is 19.4 Å². The highest BCUT2D eigenvalue weighted by molar-refractivity contribution is 6.74. The lowest BCUT2D eigenvalue weighted by Gasteiger charge is -2.52. The Balaban J connectivity index is 2.06. The molecule has 0 saturated carbocycles. The SMILES string of the molecule is CC(O[Si](C)(C)C(C)(C)C)C1C(=O)CCC2CCN21. The van der Waals surface area contributed by atoms with Crippen LogP contribution in [0.25, 0.3) is 0 Å². The van der Waals surface area contributed by atoms with E-state index in [2.05, 4.69) is 45.7 Å². The van der Waals surface area contributed by atoms with Crippen molar-refractivity contribution in [3.05, 3.63) is 0 Å². The molecule has 110 valence electrons. The third-order valence-corrected chi connectivity index (χ3v) is 9.91. The molecule has 4 heteroatoms. The lowest BCUT2D eigenvalue weighted by Crippen LogP contribution is -2.64. The van der Waals surface area contributed by atoms with Gasteiger partial charge >= 0.3 is 0 Å². The van der Waals surface area contributed by atoms with E-state index < -0.39 is 8.32 Å². The van der Waals surface area contributed by atoms with Crippen LogP contribution >= 0.6 is 0 Å². The number of fused-ring (bicyclic) bond motifs is 1. The van der Waals surface area contributed by atoms with Gasteiger partial charge in [-0.3, -0.25) is 9.69 Å². The number of rotatable bonds is 3. The summed E-state index contributed by atoms with van der Waals surface area (Å²) in [6.07, 6.45) is 3.10. The monoisotopic (exact) mass is 283 g/mol. The number of carbonyl (C=O) groups excluding carboxylic acids is 1. The zero-order valence-corrected chi connectivity index (χ0v) is 14.3. The van der Waals surface area contributed by atoms with E-state index in [1.165, 1.54) is 6.42 Å². The summed E-state index contributed by atoms with van der Waals surface area (Å²) in [6, 6.07) is 0.662. The number of hydrogen-bond acceptors (Lipinski definition) is 3. The standard InChI is InChI=1S/C15H29NO2Si/c1-11(18-19(5,6)15(2,3)4)14-13(17)8-7-12-9-10-16(12)14/h11-12,14H,7-10H2,1-6H3. The van der Waals surface area contributed by atoms with Crippen molar-refractivity contribution in [2.24, 2.45) is 0 Å². The van der Waals surface area contributed by atoms with Crippen molar-refractivity contribution in [3.8, 4) is 0 Å². The van der Waals surface area contributed by atoms with Crippen LogP contribution in [0, 0.1) is 0 Å². The molecule has 0 bridgehead atoms. The Morgan fingerprint density at radius 2 is 1.95 bits per heavy atom. The second kappa shape index (κ2) is 4.97. The van der Waals surface area contributed by atoms with Crippen molar-refractivity contribution in [3.63, 3.8) is 0 Å². The lowest BCUT2D eigenvalue weighted by molar-refractivity contribution is -0.139. The minimum Gasteiger partial charge on any atom is -0.412 e. The van der Waals surface area contributed by atoms with Crippen molar-refractivity contribution < 1.29 is 9.22 Å². The molecule has 3 nitrogen and oxygen atoms in total. The van der Waals surface area contributed by atoms with Gasteiger partial charge in [-0.05, 0) is 37.9 Å². The summed E-state index contributed by atoms with van der Waals surface area (Å²) < 4.78 is 6.44. The molecule has 2 saturated heterocycles. The van der Waals surface area contributed by atoms with Crippen LogP contribution in [0.1, 0.15) is 47.0 Å². The molecule has 0 aromatic heterocycles. The zero-order valence-electron chi connectivity index (χ0n) is 13.3. The van der Waals surface area contributed by atoms with Crippen LogP contribution in [0.5, 0.6) is 0 Å². The van der Waals surface area contributed by atoms with Crippen LogP contribution in [0.15, 0.2) is 0 Å². The van der Waals surface area contributed by atoms with Crippen molar-refractivity contribution in [2.45, 2.75) is 83.3 Å². The van der Waals surface area contributed by atoms with Gasteiger partial charge in [-0.1, -0.05) is 20.8 Å². The summed E-state index contributed by atoms with van der Waals surface area (Å²) in [5.41, 5.74) is 0. The van der Waals surface area contributed by atoms with Gasteiger partial charge in [-0.15, -0.1) is 0 Å². The van der Waals surface area contributed by atoms with Gasteiger partial charge in [0, 0.05) is 19.0 Å². The average Bonchev–Trinajstić information content (AvgIpc) is 2.19. The smallest absolute Gasteiger partial charge is 0.192 e. The van der Waals surface area contributed by atoms with Crippen LogP contribution in [0.3, 0.4) is 0 Å². The number of carbonyl (C=O) groups is 1. The molecule has 2 aliphatic heterocycles. The predicted molar refractivity (Wildman–Crippen MR) is 80.9 cm³/mol. The van der Waals surface area contributed by atoms with E-state index in [9.17, 15) is 4.79 Å². The quantitative estimate of drug-likeness (QED) is 0.745.